The molecular weight excluding hydrogens is 566 g/mol. The molecule has 0 spiro atoms. The van der Waals surface area contributed by atoms with Crippen LogP contribution in [-0.4, -0.2) is 37.2 Å². The molecule has 0 aliphatic heterocycles. The molecule has 0 heterocycles. The molecule has 218 valence electrons. The van der Waals surface area contributed by atoms with Gasteiger partial charge in [0.05, 0.1) is 36.6 Å². The highest BCUT2D eigenvalue weighted by Crippen LogP contribution is 2.32. The van der Waals surface area contributed by atoms with E-state index in [2.05, 4.69) is 9.44 Å². The summed E-state index contributed by atoms with van der Waals surface area (Å²) in [5, 5.41) is 0. The summed E-state index contributed by atoms with van der Waals surface area (Å²) in [5.74, 6) is -1.40. The van der Waals surface area contributed by atoms with Gasteiger partial charge in [-0.3, -0.25) is 9.44 Å². The molecular formula is C27H32F2N2O7S2. The fourth-order valence-electron chi connectivity index (χ4n) is 3.45. The Morgan fingerprint density at radius 1 is 0.700 bits per heavy atom. The maximum Gasteiger partial charge on any atom is 0.265 e. The largest absolute Gasteiger partial charge is 0.495 e. The first-order valence-electron chi connectivity index (χ1n) is 12.6. The number of halogens is 2. The SMILES string of the molecule is CCCCOc1ccc(F)c(NS(=O)(=O)c2ccc(OC)c(S(=O)(=O)Nc3cc(OCCCC)ccc3F)c2)c1. The summed E-state index contributed by atoms with van der Waals surface area (Å²) in [6.45, 7) is 4.68. The molecule has 0 fully saturated rings. The Morgan fingerprint density at radius 2 is 1.20 bits per heavy atom. The Bertz CT molecular complexity index is 1530. The van der Waals surface area contributed by atoms with Crippen molar-refractivity contribution in [3.8, 4) is 17.2 Å². The molecule has 3 aromatic rings. The number of methoxy groups -OCH3 is 1. The first-order chi connectivity index (χ1) is 19.0. The quantitative estimate of drug-likeness (QED) is 0.208. The average Bonchev–Trinajstić information content (AvgIpc) is 2.92. The topological polar surface area (TPSA) is 120 Å². The maximum atomic E-state index is 14.5. The number of sulfonamides is 2. The Morgan fingerprint density at radius 3 is 1.68 bits per heavy atom. The van der Waals surface area contributed by atoms with Gasteiger partial charge < -0.3 is 14.2 Å². The Kier molecular flexibility index (Phi) is 10.6. The molecule has 2 N–H and O–H groups in total. The van der Waals surface area contributed by atoms with Gasteiger partial charge in [-0.2, -0.15) is 0 Å². The molecule has 0 saturated heterocycles. The number of ether oxygens (including phenoxy) is 3. The van der Waals surface area contributed by atoms with Crippen molar-refractivity contribution in [2.75, 3.05) is 29.8 Å². The minimum Gasteiger partial charge on any atom is -0.495 e. The molecule has 0 bridgehead atoms. The zero-order chi connectivity index (χ0) is 29.3. The molecule has 40 heavy (non-hydrogen) atoms. The van der Waals surface area contributed by atoms with Crippen LogP contribution in [0.1, 0.15) is 39.5 Å². The molecule has 0 radical (unpaired) electrons. The summed E-state index contributed by atoms with van der Waals surface area (Å²) in [6, 6.07) is 10.3. The van der Waals surface area contributed by atoms with Crippen LogP contribution in [0.25, 0.3) is 0 Å². The van der Waals surface area contributed by atoms with E-state index >= 15 is 0 Å². The van der Waals surface area contributed by atoms with Crippen molar-refractivity contribution in [3.05, 3.63) is 66.2 Å². The van der Waals surface area contributed by atoms with Crippen LogP contribution in [0.2, 0.25) is 0 Å². The van der Waals surface area contributed by atoms with Gasteiger partial charge in [0.25, 0.3) is 20.0 Å². The highest BCUT2D eigenvalue weighted by Gasteiger charge is 2.26. The summed E-state index contributed by atoms with van der Waals surface area (Å²) < 4.78 is 102. The van der Waals surface area contributed by atoms with E-state index in [9.17, 15) is 25.6 Å². The van der Waals surface area contributed by atoms with Gasteiger partial charge in [0.2, 0.25) is 0 Å². The van der Waals surface area contributed by atoms with Crippen molar-refractivity contribution in [2.24, 2.45) is 0 Å². The zero-order valence-electron chi connectivity index (χ0n) is 22.4. The Labute approximate surface area is 233 Å². The van der Waals surface area contributed by atoms with Gasteiger partial charge >= 0.3 is 0 Å². The van der Waals surface area contributed by atoms with Gasteiger partial charge in [0.1, 0.15) is 33.8 Å². The van der Waals surface area contributed by atoms with E-state index in [4.69, 9.17) is 14.2 Å². The smallest absolute Gasteiger partial charge is 0.265 e. The molecule has 0 aliphatic carbocycles. The molecule has 0 unspecified atom stereocenters. The molecule has 3 rings (SSSR count). The van der Waals surface area contributed by atoms with Crippen LogP contribution in [0, 0.1) is 11.6 Å². The molecule has 0 amide bonds. The predicted octanol–water partition coefficient (Wildman–Crippen LogP) is 5.93. The lowest BCUT2D eigenvalue weighted by Gasteiger charge is -2.15. The number of unbranched alkanes of at least 4 members (excludes halogenated alkanes) is 2. The summed E-state index contributed by atoms with van der Waals surface area (Å²) in [5.41, 5.74) is -0.779. The van der Waals surface area contributed by atoms with E-state index in [1.54, 1.807) is 0 Å². The lowest BCUT2D eigenvalue weighted by atomic mass is 10.3. The number of nitrogens with one attached hydrogen (secondary N) is 2. The summed E-state index contributed by atoms with van der Waals surface area (Å²) in [7, 11) is -7.84. The van der Waals surface area contributed by atoms with Gasteiger partial charge in [0, 0.05) is 12.1 Å². The van der Waals surface area contributed by atoms with E-state index < -0.39 is 47.2 Å². The van der Waals surface area contributed by atoms with E-state index in [-0.39, 0.29) is 22.9 Å². The van der Waals surface area contributed by atoms with Crippen LogP contribution in [0.15, 0.2) is 64.4 Å². The fourth-order valence-corrected chi connectivity index (χ4v) is 5.86. The second-order valence-corrected chi connectivity index (χ2v) is 12.0. The zero-order valence-corrected chi connectivity index (χ0v) is 24.0. The molecule has 0 aliphatic rings. The third-order valence-corrected chi connectivity index (χ3v) is 8.38. The van der Waals surface area contributed by atoms with Gasteiger partial charge in [-0.05, 0) is 55.3 Å². The summed E-state index contributed by atoms with van der Waals surface area (Å²) in [4.78, 5) is -1.07. The van der Waals surface area contributed by atoms with E-state index in [0.29, 0.717) is 13.2 Å². The van der Waals surface area contributed by atoms with Crippen molar-refractivity contribution >= 4 is 31.4 Å². The van der Waals surface area contributed by atoms with Crippen LogP contribution in [0.4, 0.5) is 20.2 Å². The average molecular weight is 599 g/mol. The van der Waals surface area contributed by atoms with Gasteiger partial charge in [-0.15, -0.1) is 0 Å². The molecule has 9 nitrogen and oxygen atoms in total. The molecule has 0 atom stereocenters. The van der Waals surface area contributed by atoms with E-state index in [1.165, 1.54) is 31.4 Å². The van der Waals surface area contributed by atoms with Crippen molar-refractivity contribution in [1.82, 2.24) is 0 Å². The van der Waals surface area contributed by atoms with Crippen LogP contribution >= 0.6 is 0 Å². The minimum absolute atomic E-state index is 0.195. The van der Waals surface area contributed by atoms with E-state index in [1.807, 2.05) is 13.8 Å². The highest BCUT2D eigenvalue weighted by molar-refractivity contribution is 7.93. The van der Waals surface area contributed by atoms with Crippen molar-refractivity contribution in [2.45, 2.75) is 49.3 Å². The Hall–Kier alpha value is -3.58. The van der Waals surface area contributed by atoms with Gasteiger partial charge in [0.15, 0.2) is 0 Å². The third-order valence-electron chi connectivity index (χ3n) is 5.63. The monoisotopic (exact) mass is 598 g/mol. The lowest BCUT2D eigenvalue weighted by molar-refractivity contribution is 0.309. The van der Waals surface area contributed by atoms with Crippen LogP contribution in [0.3, 0.4) is 0 Å². The molecule has 0 saturated carbocycles. The number of rotatable bonds is 15. The second kappa shape index (κ2) is 13.7. The standard InChI is InChI=1S/C27H32F2N2O7S2/c1-4-6-14-37-19-8-11-22(28)24(16-19)30-39(32,33)21-10-13-26(36-3)27(18-21)40(34,35)31-25-17-20(9-12-23(25)29)38-15-7-5-2/h8-13,16-18,30-31H,4-7,14-15H2,1-3H3. The third kappa shape index (κ3) is 7.98. The van der Waals surface area contributed by atoms with Crippen LogP contribution < -0.4 is 23.7 Å². The fraction of sp³-hybridized carbons (Fsp3) is 0.333. The molecule has 13 heteroatoms. The van der Waals surface area contributed by atoms with Gasteiger partial charge in [-0.1, -0.05) is 26.7 Å². The number of benzene rings is 3. The molecule has 0 aromatic heterocycles. The number of anilines is 2. The van der Waals surface area contributed by atoms with Crippen molar-refractivity contribution < 1.29 is 39.8 Å². The number of hydrogen-bond donors (Lipinski definition) is 2. The van der Waals surface area contributed by atoms with Crippen LogP contribution in [-0.2, 0) is 20.0 Å². The van der Waals surface area contributed by atoms with Gasteiger partial charge in [-0.25, -0.2) is 25.6 Å². The number of hydrogen-bond acceptors (Lipinski definition) is 7. The van der Waals surface area contributed by atoms with Crippen molar-refractivity contribution in [1.29, 1.82) is 0 Å². The minimum atomic E-state index is -4.56. The van der Waals surface area contributed by atoms with Crippen molar-refractivity contribution in [3.63, 3.8) is 0 Å². The lowest BCUT2D eigenvalue weighted by Crippen LogP contribution is -2.18. The van der Waals surface area contributed by atoms with Crippen LogP contribution in [0.5, 0.6) is 17.2 Å². The summed E-state index contributed by atoms with van der Waals surface area (Å²) in [6.07, 6.45) is 3.27. The van der Waals surface area contributed by atoms with E-state index in [0.717, 1.165) is 56.0 Å². The normalized spacial score (nSPS) is 11.6. The Balaban J connectivity index is 1.92. The predicted molar refractivity (Wildman–Crippen MR) is 148 cm³/mol. The highest BCUT2D eigenvalue weighted by atomic mass is 32.2. The molecule has 3 aromatic carbocycles. The second-order valence-electron chi connectivity index (χ2n) is 8.71. The maximum absolute atomic E-state index is 14.5. The first-order valence-corrected chi connectivity index (χ1v) is 15.6. The summed E-state index contributed by atoms with van der Waals surface area (Å²) >= 11 is 0. The first kappa shape index (κ1) is 31.0.